The van der Waals surface area contributed by atoms with Crippen LogP contribution >= 0.6 is 11.3 Å². The van der Waals surface area contributed by atoms with Crippen LogP contribution in [0, 0.1) is 6.92 Å². The van der Waals surface area contributed by atoms with E-state index in [0.29, 0.717) is 6.54 Å². The quantitative estimate of drug-likeness (QED) is 0.854. The number of aromatic nitrogens is 1. The lowest BCUT2D eigenvalue weighted by Crippen LogP contribution is -2.12. The highest BCUT2D eigenvalue weighted by molar-refractivity contribution is 7.07. The predicted octanol–water partition coefficient (Wildman–Crippen LogP) is 2.60. The summed E-state index contributed by atoms with van der Waals surface area (Å²) in [5.74, 6) is 0.800. The molecule has 1 unspecified atom stereocenters. The molecule has 2 N–H and O–H groups in total. The van der Waals surface area contributed by atoms with Gasteiger partial charge in [0.1, 0.15) is 5.82 Å². The second kappa shape index (κ2) is 5.09. The summed E-state index contributed by atoms with van der Waals surface area (Å²) in [7, 11) is 0. The first-order valence-electron chi connectivity index (χ1n) is 5.13. The van der Waals surface area contributed by atoms with Gasteiger partial charge in [-0.25, -0.2) is 4.98 Å². The molecule has 16 heavy (non-hydrogen) atoms. The van der Waals surface area contributed by atoms with Gasteiger partial charge >= 0.3 is 0 Å². The molecule has 2 heterocycles. The van der Waals surface area contributed by atoms with Crippen LogP contribution in [0.25, 0.3) is 0 Å². The van der Waals surface area contributed by atoms with Crippen LogP contribution < -0.4 is 5.32 Å². The van der Waals surface area contributed by atoms with Crippen molar-refractivity contribution in [3.63, 3.8) is 0 Å². The number of anilines is 1. The number of aliphatic hydroxyl groups excluding tert-OH is 1. The van der Waals surface area contributed by atoms with E-state index in [4.69, 9.17) is 0 Å². The largest absolute Gasteiger partial charge is 0.387 e. The minimum Gasteiger partial charge on any atom is -0.387 e. The molecule has 2 rings (SSSR count). The number of nitrogens with zero attached hydrogens (tertiary/aromatic N) is 1. The summed E-state index contributed by atoms with van der Waals surface area (Å²) in [5, 5.41) is 16.9. The van der Waals surface area contributed by atoms with Crippen LogP contribution in [0.3, 0.4) is 0 Å². The number of aliphatic hydroxyl groups is 1. The molecule has 0 fully saturated rings. The third-order valence-electron chi connectivity index (χ3n) is 2.29. The maximum Gasteiger partial charge on any atom is 0.126 e. The maximum absolute atomic E-state index is 9.86. The van der Waals surface area contributed by atoms with Gasteiger partial charge in [-0.2, -0.15) is 11.3 Å². The van der Waals surface area contributed by atoms with Crippen molar-refractivity contribution in [3.8, 4) is 0 Å². The van der Waals surface area contributed by atoms with Crippen LogP contribution in [0.1, 0.15) is 17.4 Å². The van der Waals surface area contributed by atoms with Crippen molar-refractivity contribution in [1.82, 2.24) is 4.98 Å². The fourth-order valence-electron chi connectivity index (χ4n) is 1.43. The maximum atomic E-state index is 9.86. The summed E-state index contributed by atoms with van der Waals surface area (Å²) >= 11 is 1.59. The van der Waals surface area contributed by atoms with Crippen LogP contribution in [0.2, 0.25) is 0 Å². The molecule has 0 saturated heterocycles. The third kappa shape index (κ3) is 2.81. The standard InChI is InChI=1S/C12H14N2OS/c1-9-3-2-4-12(14-9)13-7-11(15)10-5-6-16-8-10/h2-6,8,11,15H,7H2,1H3,(H,13,14). The van der Waals surface area contributed by atoms with Crippen molar-refractivity contribution >= 4 is 17.2 Å². The molecular formula is C12H14N2OS. The highest BCUT2D eigenvalue weighted by Crippen LogP contribution is 2.16. The monoisotopic (exact) mass is 234 g/mol. The third-order valence-corrected chi connectivity index (χ3v) is 2.99. The van der Waals surface area contributed by atoms with E-state index in [9.17, 15) is 5.11 Å². The normalized spacial score (nSPS) is 12.4. The molecule has 3 nitrogen and oxygen atoms in total. The van der Waals surface area contributed by atoms with Gasteiger partial charge in [0.05, 0.1) is 6.10 Å². The second-order valence-electron chi connectivity index (χ2n) is 3.62. The topological polar surface area (TPSA) is 45.1 Å². The van der Waals surface area contributed by atoms with Gasteiger partial charge in [0.15, 0.2) is 0 Å². The Morgan fingerprint density at radius 1 is 1.44 bits per heavy atom. The number of nitrogens with one attached hydrogen (secondary N) is 1. The Balaban J connectivity index is 1.92. The lowest BCUT2D eigenvalue weighted by atomic mass is 10.2. The Kier molecular flexibility index (Phi) is 3.54. The van der Waals surface area contributed by atoms with Gasteiger partial charge in [0.25, 0.3) is 0 Å². The molecule has 0 bridgehead atoms. The molecule has 0 aromatic carbocycles. The predicted molar refractivity (Wildman–Crippen MR) is 66.7 cm³/mol. The molecule has 84 valence electrons. The summed E-state index contributed by atoms with van der Waals surface area (Å²) in [6.45, 7) is 2.42. The van der Waals surface area contributed by atoms with E-state index >= 15 is 0 Å². The highest BCUT2D eigenvalue weighted by Gasteiger charge is 2.07. The first-order chi connectivity index (χ1) is 7.75. The molecule has 0 saturated carbocycles. The summed E-state index contributed by atoms with van der Waals surface area (Å²) in [4.78, 5) is 4.31. The molecular weight excluding hydrogens is 220 g/mol. The van der Waals surface area contributed by atoms with Gasteiger partial charge in [-0.1, -0.05) is 6.07 Å². The molecule has 2 aromatic heterocycles. The first kappa shape index (κ1) is 11.1. The van der Waals surface area contributed by atoms with E-state index in [1.165, 1.54) is 0 Å². The minimum atomic E-state index is -0.478. The van der Waals surface area contributed by atoms with Gasteiger partial charge in [0.2, 0.25) is 0 Å². The summed E-state index contributed by atoms with van der Waals surface area (Å²) < 4.78 is 0. The summed E-state index contributed by atoms with van der Waals surface area (Å²) in [6, 6.07) is 7.72. The lowest BCUT2D eigenvalue weighted by molar-refractivity contribution is 0.192. The van der Waals surface area contributed by atoms with Crippen molar-refractivity contribution in [3.05, 3.63) is 46.3 Å². The minimum absolute atomic E-state index is 0.478. The smallest absolute Gasteiger partial charge is 0.126 e. The average molecular weight is 234 g/mol. The van der Waals surface area contributed by atoms with Crippen molar-refractivity contribution in [2.45, 2.75) is 13.0 Å². The Labute approximate surface area is 98.8 Å². The molecule has 1 atom stereocenters. The summed E-state index contributed by atoms with van der Waals surface area (Å²) in [5.41, 5.74) is 1.92. The molecule has 2 aromatic rings. The Morgan fingerprint density at radius 3 is 3.00 bits per heavy atom. The van der Waals surface area contributed by atoms with E-state index in [-0.39, 0.29) is 0 Å². The van der Waals surface area contributed by atoms with Gasteiger partial charge in [-0.3, -0.25) is 0 Å². The Hall–Kier alpha value is -1.39. The van der Waals surface area contributed by atoms with Crippen molar-refractivity contribution < 1.29 is 5.11 Å². The molecule has 0 radical (unpaired) electrons. The average Bonchev–Trinajstić information content (AvgIpc) is 2.79. The first-order valence-corrected chi connectivity index (χ1v) is 6.07. The number of rotatable bonds is 4. The van der Waals surface area contributed by atoms with Crippen LogP contribution in [-0.2, 0) is 0 Å². The van der Waals surface area contributed by atoms with E-state index in [1.54, 1.807) is 11.3 Å². The zero-order chi connectivity index (χ0) is 11.4. The number of hydrogen-bond donors (Lipinski definition) is 2. The van der Waals surface area contributed by atoms with E-state index < -0.39 is 6.10 Å². The Bertz CT molecular complexity index is 442. The van der Waals surface area contributed by atoms with Crippen LogP contribution in [0.5, 0.6) is 0 Å². The van der Waals surface area contributed by atoms with Gasteiger partial charge in [-0.15, -0.1) is 0 Å². The second-order valence-corrected chi connectivity index (χ2v) is 4.40. The number of pyridine rings is 1. The number of hydrogen-bond acceptors (Lipinski definition) is 4. The molecule has 0 aliphatic carbocycles. The number of aryl methyl sites for hydroxylation is 1. The molecule has 0 aliphatic heterocycles. The van der Waals surface area contributed by atoms with Crippen molar-refractivity contribution in [2.24, 2.45) is 0 Å². The van der Waals surface area contributed by atoms with Gasteiger partial charge in [0, 0.05) is 12.2 Å². The van der Waals surface area contributed by atoms with E-state index in [0.717, 1.165) is 17.1 Å². The lowest BCUT2D eigenvalue weighted by Gasteiger charge is -2.11. The van der Waals surface area contributed by atoms with Gasteiger partial charge < -0.3 is 10.4 Å². The van der Waals surface area contributed by atoms with E-state index in [1.807, 2.05) is 41.9 Å². The van der Waals surface area contributed by atoms with E-state index in [2.05, 4.69) is 10.3 Å². The molecule has 0 aliphatic rings. The van der Waals surface area contributed by atoms with Crippen molar-refractivity contribution in [2.75, 3.05) is 11.9 Å². The zero-order valence-corrected chi connectivity index (χ0v) is 9.87. The SMILES string of the molecule is Cc1cccc(NCC(O)c2ccsc2)n1. The van der Waals surface area contributed by atoms with Crippen LogP contribution in [0.4, 0.5) is 5.82 Å². The highest BCUT2D eigenvalue weighted by atomic mass is 32.1. The van der Waals surface area contributed by atoms with Crippen LogP contribution in [-0.4, -0.2) is 16.6 Å². The van der Waals surface area contributed by atoms with Crippen molar-refractivity contribution in [1.29, 1.82) is 0 Å². The Morgan fingerprint density at radius 2 is 2.31 bits per heavy atom. The van der Waals surface area contributed by atoms with Gasteiger partial charge in [-0.05, 0) is 41.4 Å². The fourth-order valence-corrected chi connectivity index (χ4v) is 2.13. The molecule has 0 spiro atoms. The van der Waals surface area contributed by atoms with Crippen LogP contribution in [0.15, 0.2) is 35.0 Å². The molecule has 4 heteroatoms. The molecule has 0 amide bonds. The fraction of sp³-hybridized carbons (Fsp3) is 0.250. The zero-order valence-electron chi connectivity index (χ0n) is 9.05. The summed E-state index contributed by atoms with van der Waals surface area (Å²) in [6.07, 6.45) is -0.478. The number of thiophene rings is 1.